The van der Waals surface area contributed by atoms with E-state index in [1.165, 1.54) is 19.1 Å². The van der Waals surface area contributed by atoms with Crippen molar-refractivity contribution < 1.29 is 24.4 Å². The van der Waals surface area contributed by atoms with Crippen LogP contribution in [0.2, 0.25) is 0 Å². The summed E-state index contributed by atoms with van der Waals surface area (Å²) in [5.41, 5.74) is 1.17. The van der Waals surface area contributed by atoms with Crippen molar-refractivity contribution in [1.29, 1.82) is 0 Å². The number of nitrogens with one attached hydrogen (secondary N) is 1. The monoisotopic (exact) mass is 562 g/mol. The van der Waals surface area contributed by atoms with Gasteiger partial charge in [0.1, 0.15) is 0 Å². The van der Waals surface area contributed by atoms with Crippen LogP contribution < -0.4 is 5.32 Å². The first-order chi connectivity index (χ1) is 17.5. The van der Waals surface area contributed by atoms with E-state index in [9.17, 15) is 10.2 Å². The molecule has 7 unspecified atom stereocenters. The van der Waals surface area contributed by atoms with E-state index < -0.39 is 12.8 Å². The molecular formula is C24H39ClN4O5S2. The minimum Gasteiger partial charge on any atom is -0.361 e. The summed E-state index contributed by atoms with van der Waals surface area (Å²) in [6.45, 7) is 4.37. The van der Waals surface area contributed by atoms with Crippen molar-refractivity contribution in [3.05, 3.63) is 11.6 Å². The Morgan fingerprint density at radius 1 is 1.33 bits per heavy atom. The summed E-state index contributed by atoms with van der Waals surface area (Å²) in [6, 6.07) is 0.137. The van der Waals surface area contributed by atoms with Crippen LogP contribution in [0.25, 0.3) is 0 Å². The van der Waals surface area contributed by atoms with E-state index in [0.29, 0.717) is 24.3 Å². The molecule has 3 N–H and O–H groups in total. The van der Waals surface area contributed by atoms with Crippen LogP contribution >= 0.6 is 35.1 Å². The summed E-state index contributed by atoms with van der Waals surface area (Å²) in [5.74, 6) is 0.900. The van der Waals surface area contributed by atoms with E-state index in [-0.39, 0.29) is 23.1 Å². The SMILES string of the molecule is COC(O)N1CCC2(C1)CN(C(O)NC1=NCC(SCCOC3CCCCO3)S1)C1CCC(Cl)C=C12. The number of nitrogens with zero attached hydrogens (tertiary/aromatic N) is 3. The van der Waals surface area contributed by atoms with Gasteiger partial charge >= 0.3 is 0 Å². The van der Waals surface area contributed by atoms with Crippen LogP contribution in [0.3, 0.4) is 0 Å². The van der Waals surface area contributed by atoms with Crippen molar-refractivity contribution in [2.24, 2.45) is 10.4 Å². The lowest BCUT2D eigenvalue weighted by Gasteiger charge is -2.33. The largest absolute Gasteiger partial charge is 0.361 e. The van der Waals surface area contributed by atoms with E-state index >= 15 is 0 Å². The average molecular weight is 563 g/mol. The van der Waals surface area contributed by atoms with Crippen LogP contribution in [0.5, 0.6) is 0 Å². The fraction of sp³-hybridized carbons (Fsp3) is 0.875. The number of allylic oxidation sites excluding steroid dienone is 1. The Bertz CT molecular complexity index is 819. The molecule has 3 fully saturated rings. The lowest BCUT2D eigenvalue weighted by molar-refractivity contribution is -0.171. The van der Waals surface area contributed by atoms with Crippen LogP contribution in [0.1, 0.15) is 38.5 Å². The predicted molar refractivity (Wildman–Crippen MR) is 144 cm³/mol. The molecule has 4 heterocycles. The van der Waals surface area contributed by atoms with Crippen molar-refractivity contribution in [2.75, 3.05) is 52.3 Å². The van der Waals surface area contributed by atoms with Gasteiger partial charge in [0.05, 0.1) is 23.1 Å². The number of aliphatic hydroxyl groups excluding tert-OH is 2. The van der Waals surface area contributed by atoms with Gasteiger partial charge in [-0.25, -0.2) is 0 Å². The number of hydrogen-bond donors (Lipinski definition) is 3. The number of ether oxygens (including phenoxy) is 3. The van der Waals surface area contributed by atoms with Crippen molar-refractivity contribution in [3.8, 4) is 0 Å². The topological polar surface area (TPSA) is 99.0 Å². The van der Waals surface area contributed by atoms with Gasteiger partial charge in [-0.05, 0) is 44.1 Å². The summed E-state index contributed by atoms with van der Waals surface area (Å²) in [5, 5.41) is 25.6. The zero-order valence-electron chi connectivity index (χ0n) is 20.9. The Hall–Kier alpha value is -0.0800. The molecule has 0 amide bonds. The highest BCUT2D eigenvalue weighted by Gasteiger charge is 2.54. The summed E-state index contributed by atoms with van der Waals surface area (Å²) >= 11 is 10.1. The highest BCUT2D eigenvalue weighted by molar-refractivity contribution is 8.25. The number of aliphatic imine (C=N–C) groups is 1. The maximum atomic E-state index is 11.3. The Kier molecular flexibility index (Phi) is 9.47. The van der Waals surface area contributed by atoms with Crippen LogP contribution in [0.4, 0.5) is 0 Å². The zero-order valence-corrected chi connectivity index (χ0v) is 23.3. The first-order valence-corrected chi connectivity index (χ1v) is 15.4. The van der Waals surface area contributed by atoms with Gasteiger partial charge in [-0.3, -0.25) is 14.8 Å². The Morgan fingerprint density at radius 3 is 3.03 bits per heavy atom. The molecule has 7 atom stereocenters. The number of amidine groups is 1. The van der Waals surface area contributed by atoms with Gasteiger partial charge in [0.25, 0.3) is 0 Å². The second-order valence-corrected chi connectivity index (χ2v) is 13.6. The fourth-order valence-corrected chi connectivity index (χ4v) is 8.52. The number of thioether (sulfide) groups is 2. The zero-order chi connectivity index (χ0) is 25.1. The number of likely N-dealkylation sites (tertiary alicyclic amines) is 2. The summed E-state index contributed by atoms with van der Waals surface area (Å²) in [7, 11) is 1.52. The molecule has 3 saturated heterocycles. The minimum absolute atomic E-state index is 0.0146. The second kappa shape index (κ2) is 12.4. The maximum Gasteiger partial charge on any atom is 0.215 e. The van der Waals surface area contributed by atoms with Gasteiger partial charge in [-0.15, -0.1) is 23.4 Å². The third-order valence-corrected chi connectivity index (χ3v) is 10.7. The molecule has 5 aliphatic rings. The lowest BCUT2D eigenvalue weighted by Crippen LogP contribution is -2.50. The first-order valence-electron chi connectivity index (χ1n) is 13.0. The van der Waals surface area contributed by atoms with Gasteiger partial charge < -0.3 is 29.7 Å². The highest BCUT2D eigenvalue weighted by atomic mass is 35.5. The van der Waals surface area contributed by atoms with Crippen LogP contribution in [0.15, 0.2) is 16.6 Å². The molecule has 12 heteroatoms. The quantitative estimate of drug-likeness (QED) is 0.168. The molecular weight excluding hydrogens is 524 g/mol. The van der Waals surface area contributed by atoms with Crippen LogP contribution in [-0.2, 0) is 14.2 Å². The summed E-state index contributed by atoms with van der Waals surface area (Å²) in [4.78, 5) is 8.76. The van der Waals surface area contributed by atoms with Gasteiger partial charge in [0.15, 0.2) is 17.8 Å². The van der Waals surface area contributed by atoms with Crippen molar-refractivity contribution >= 4 is 40.3 Å². The van der Waals surface area contributed by atoms with Crippen molar-refractivity contribution in [3.63, 3.8) is 0 Å². The Morgan fingerprint density at radius 2 is 2.22 bits per heavy atom. The maximum absolute atomic E-state index is 11.3. The molecule has 0 aromatic rings. The van der Waals surface area contributed by atoms with E-state index in [4.69, 9.17) is 25.8 Å². The highest BCUT2D eigenvalue weighted by Crippen LogP contribution is 2.50. The number of fused-ring (bicyclic) bond motifs is 2. The lowest BCUT2D eigenvalue weighted by atomic mass is 9.76. The van der Waals surface area contributed by atoms with Gasteiger partial charge in [-0.2, -0.15) is 0 Å². The molecule has 0 bridgehead atoms. The van der Waals surface area contributed by atoms with E-state index in [0.717, 1.165) is 62.7 Å². The molecule has 0 aromatic carbocycles. The molecule has 204 valence electrons. The number of halogens is 1. The van der Waals surface area contributed by atoms with Gasteiger partial charge in [-0.1, -0.05) is 17.8 Å². The molecule has 1 aliphatic carbocycles. The molecule has 0 aromatic heterocycles. The third kappa shape index (κ3) is 6.21. The number of aliphatic hydroxyl groups is 2. The van der Waals surface area contributed by atoms with Gasteiger partial charge in [0.2, 0.25) is 6.41 Å². The Balaban J connectivity index is 1.12. The molecule has 0 radical (unpaired) electrons. The third-order valence-electron chi connectivity index (χ3n) is 7.86. The van der Waals surface area contributed by atoms with Crippen LogP contribution in [0, 0.1) is 5.41 Å². The fourth-order valence-electron chi connectivity index (χ4n) is 6.07. The van der Waals surface area contributed by atoms with E-state index in [1.807, 2.05) is 16.7 Å². The number of methoxy groups -OCH3 is 1. The minimum atomic E-state index is -0.907. The number of rotatable bonds is 9. The average Bonchev–Trinajstić information content (AvgIpc) is 3.60. The van der Waals surface area contributed by atoms with Gasteiger partial charge in [0, 0.05) is 50.6 Å². The van der Waals surface area contributed by atoms with E-state index in [2.05, 4.69) is 21.3 Å². The molecule has 0 saturated carbocycles. The normalized spacial score (nSPS) is 37.1. The molecule has 4 aliphatic heterocycles. The summed E-state index contributed by atoms with van der Waals surface area (Å²) < 4.78 is 16.9. The smallest absolute Gasteiger partial charge is 0.215 e. The molecule has 9 nitrogen and oxygen atoms in total. The van der Waals surface area contributed by atoms with E-state index in [1.54, 1.807) is 11.8 Å². The molecule has 36 heavy (non-hydrogen) atoms. The number of alkyl halides is 1. The Labute approximate surface area is 227 Å². The van der Waals surface area contributed by atoms with Crippen LogP contribution in [-0.4, -0.2) is 112 Å². The molecule has 1 spiro atoms. The van der Waals surface area contributed by atoms with Crippen molar-refractivity contribution in [2.45, 2.75) is 73.6 Å². The first kappa shape index (κ1) is 27.5. The van der Waals surface area contributed by atoms with Crippen molar-refractivity contribution in [1.82, 2.24) is 15.1 Å². The summed E-state index contributed by atoms with van der Waals surface area (Å²) in [6.07, 6.45) is 6.43. The molecule has 5 rings (SSSR count). The number of hydrogen-bond acceptors (Lipinski definition) is 11. The second-order valence-electron chi connectivity index (χ2n) is 10.2. The standard InChI is InChI=1S/C24H39ClN4O5S2/c1-32-23(31)28-8-7-24(14-28)15-29(18-6-5-16(25)12-17(18)24)22(30)27-21-26-13-20(36-21)35-11-10-34-19-4-2-3-9-33-19/h12,16,18-20,22-23,30-31H,2-11,13-15H2,1H3,(H,26,27). The predicted octanol–water partition coefficient (Wildman–Crippen LogP) is 2.18.